The van der Waals surface area contributed by atoms with E-state index in [1.807, 2.05) is 48.5 Å². The van der Waals surface area contributed by atoms with Gasteiger partial charge in [0.05, 0.1) is 11.2 Å². The number of hydrogen-bond acceptors (Lipinski definition) is 3. The topological polar surface area (TPSA) is 48.1 Å². The first-order chi connectivity index (χ1) is 9.24. The molecule has 1 aromatic heterocycles. The van der Waals surface area contributed by atoms with Gasteiger partial charge in [-0.25, -0.2) is 0 Å². The summed E-state index contributed by atoms with van der Waals surface area (Å²) >= 11 is 3.41. The molecule has 0 aliphatic carbocycles. The Morgan fingerprint density at radius 3 is 2.79 bits per heavy atom. The van der Waals surface area contributed by atoms with Crippen LogP contribution in [0, 0.1) is 0 Å². The summed E-state index contributed by atoms with van der Waals surface area (Å²) < 4.78 is 6.78. The molecule has 0 atom stereocenters. The van der Waals surface area contributed by atoms with E-state index in [1.54, 1.807) is 6.20 Å². The molecule has 3 rings (SSSR count). The van der Waals surface area contributed by atoms with Gasteiger partial charge in [0.1, 0.15) is 5.75 Å². The molecule has 0 aliphatic rings. The number of nitrogens with two attached hydrogens (primary N) is 1. The Hall–Kier alpha value is -2.07. The molecule has 0 saturated heterocycles. The van der Waals surface area contributed by atoms with Gasteiger partial charge in [0.25, 0.3) is 0 Å². The maximum absolute atomic E-state index is 6.13. The minimum atomic E-state index is 0.602. The first-order valence-electron chi connectivity index (χ1n) is 5.81. The zero-order chi connectivity index (χ0) is 13.2. The summed E-state index contributed by atoms with van der Waals surface area (Å²) in [4.78, 5) is 4.26. The van der Waals surface area contributed by atoms with Crippen molar-refractivity contribution in [3.63, 3.8) is 0 Å². The zero-order valence-electron chi connectivity index (χ0n) is 10.0. The SMILES string of the molecule is Nc1c(Oc2cccc(Br)c2)ccc2ncccc12. The molecule has 94 valence electrons. The van der Waals surface area contributed by atoms with Crippen LogP contribution in [0.4, 0.5) is 5.69 Å². The average molecular weight is 315 g/mol. The van der Waals surface area contributed by atoms with Gasteiger partial charge < -0.3 is 10.5 Å². The molecule has 0 radical (unpaired) electrons. The van der Waals surface area contributed by atoms with Gasteiger partial charge in [-0.2, -0.15) is 0 Å². The molecule has 19 heavy (non-hydrogen) atoms. The summed E-state index contributed by atoms with van der Waals surface area (Å²) in [7, 11) is 0. The van der Waals surface area contributed by atoms with Crippen LogP contribution in [0.5, 0.6) is 11.5 Å². The van der Waals surface area contributed by atoms with Gasteiger partial charge in [0.15, 0.2) is 5.75 Å². The van der Waals surface area contributed by atoms with Crippen LogP contribution in [0.25, 0.3) is 10.9 Å². The predicted octanol–water partition coefficient (Wildman–Crippen LogP) is 4.37. The molecule has 3 nitrogen and oxygen atoms in total. The third kappa shape index (κ3) is 2.39. The van der Waals surface area contributed by atoms with Crippen LogP contribution >= 0.6 is 15.9 Å². The monoisotopic (exact) mass is 314 g/mol. The molecule has 3 aromatic rings. The number of fused-ring (bicyclic) bond motifs is 1. The van der Waals surface area contributed by atoms with E-state index in [0.29, 0.717) is 11.4 Å². The fraction of sp³-hybridized carbons (Fsp3) is 0. The maximum atomic E-state index is 6.13. The van der Waals surface area contributed by atoms with Gasteiger partial charge in [0, 0.05) is 16.1 Å². The zero-order valence-corrected chi connectivity index (χ0v) is 11.6. The fourth-order valence-corrected chi connectivity index (χ4v) is 2.28. The van der Waals surface area contributed by atoms with Crippen LogP contribution in [0.15, 0.2) is 59.2 Å². The maximum Gasteiger partial charge on any atom is 0.151 e. The highest BCUT2D eigenvalue weighted by atomic mass is 79.9. The Morgan fingerprint density at radius 2 is 1.95 bits per heavy atom. The second kappa shape index (κ2) is 4.90. The van der Waals surface area contributed by atoms with E-state index in [4.69, 9.17) is 10.5 Å². The highest BCUT2D eigenvalue weighted by Gasteiger charge is 2.07. The van der Waals surface area contributed by atoms with E-state index in [9.17, 15) is 0 Å². The van der Waals surface area contributed by atoms with Gasteiger partial charge in [0.2, 0.25) is 0 Å². The average Bonchev–Trinajstić information content (AvgIpc) is 2.42. The Bertz CT molecular complexity index is 743. The molecule has 2 aromatic carbocycles. The molecule has 0 saturated carbocycles. The molecule has 0 bridgehead atoms. The number of halogens is 1. The lowest BCUT2D eigenvalue weighted by molar-refractivity contribution is 0.485. The molecule has 2 N–H and O–H groups in total. The number of nitrogen functional groups attached to an aromatic ring is 1. The van der Waals surface area contributed by atoms with Crippen molar-refractivity contribution in [1.29, 1.82) is 0 Å². The highest BCUT2D eigenvalue weighted by Crippen LogP contribution is 2.33. The standard InChI is InChI=1S/C15H11BrN2O/c16-10-3-1-4-11(9-10)19-14-7-6-13-12(15(14)17)5-2-8-18-13/h1-9H,17H2. The summed E-state index contributed by atoms with van der Waals surface area (Å²) in [6, 6.07) is 15.2. The second-order valence-corrected chi connectivity index (χ2v) is 5.02. The molecular weight excluding hydrogens is 304 g/mol. The molecule has 0 spiro atoms. The highest BCUT2D eigenvalue weighted by molar-refractivity contribution is 9.10. The number of ether oxygens (including phenoxy) is 1. The smallest absolute Gasteiger partial charge is 0.151 e. The number of anilines is 1. The summed E-state index contributed by atoms with van der Waals surface area (Å²) in [6.45, 7) is 0. The summed E-state index contributed by atoms with van der Waals surface area (Å²) in [5.74, 6) is 1.38. The molecule has 1 heterocycles. The van der Waals surface area contributed by atoms with E-state index in [0.717, 1.165) is 21.1 Å². The predicted molar refractivity (Wildman–Crippen MR) is 80.4 cm³/mol. The van der Waals surface area contributed by atoms with Crippen molar-refractivity contribution in [3.8, 4) is 11.5 Å². The van der Waals surface area contributed by atoms with Crippen molar-refractivity contribution in [2.75, 3.05) is 5.73 Å². The first-order valence-corrected chi connectivity index (χ1v) is 6.60. The van der Waals surface area contributed by atoms with E-state index < -0.39 is 0 Å². The molecule has 0 amide bonds. The van der Waals surface area contributed by atoms with Crippen LogP contribution in [0.1, 0.15) is 0 Å². The van der Waals surface area contributed by atoms with Crippen molar-refractivity contribution >= 4 is 32.5 Å². The van der Waals surface area contributed by atoms with Gasteiger partial charge in [-0.05, 0) is 42.5 Å². The van der Waals surface area contributed by atoms with Gasteiger partial charge >= 0.3 is 0 Å². The van der Waals surface area contributed by atoms with E-state index >= 15 is 0 Å². The molecule has 0 unspecified atom stereocenters. The largest absolute Gasteiger partial charge is 0.455 e. The van der Waals surface area contributed by atoms with E-state index in [-0.39, 0.29) is 0 Å². The van der Waals surface area contributed by atoms with Gasteiger partial charge in [-0.15, -0.1) is 0 Å². The van der Waals surface area contributed by atoms with Crippen molar-refractivity contribution < 1.29 is 4.74 Å². The van der Waals surface area contributed by atoms with Gasteiger partial charge in [-0.1, -0.05) is 22.0 Å². The van der Waals surface area contributed by atoms with Crippen LogP contribution in [-0.2, 0) is 0 Å². The van der Waals surface area contributed by atoms with Crippen LogP contribution in [0.3, 0.4) is 0 Å². The van der Waals surface area contributed by atoms with Crippen LogP contribution in [0.2, 0.25) is 0 Å². The number of benzene rings is 2. The minimum absolute atomic E-state index is 0.602. The number of aromatic nitrogens is 1. The number of rotatable bonds is 2. The third-order valence-corrected chi connectivity index (χ3v) is 3.30. The summed E-state index contributed by atoms with van der Waals surface area (Å²) in [5, 5.41) is 0.898. The quantitative estimate of drug-likeness (QED) is 0.714. The fourth-order valence-electron chi connectivity index (χ4n) is 1.90. The first kappa shape index (κ1) is 12.0. The Labute approximate surface area is 119 Å². The third-order valence-electron chi connectivity index (χ3n) is 2.81. The van der Waals surface area contributed by atoms with E-state index in [2.05, 4.69) is 20.9 Å². The number of hydrogen-bond donors (Lipinski definition) is 1. The van der Waals surface area contributed by atoms with Gasteiger partial charge in [-0.3, -0.25) is 4.98 Å². The lowest BCUT2D eigenvalue weighted by Gasteiger charge is -2.10. The number of pyridine rings is 1. The Balaban J connectivity index is 2.04. The Kier molecular flexibility index (Phi) is 3.09. The summed E-state index contributed by atoms with van der Waals surface area (Å²) in [5.41, 5.74) is 7.59. The van der Waals surface area contributed by atoms with Crippen molar-refractivity contribution in [3.05, 3.63) is 59.2 Å². The lowest BCUT2D eigenvalue weighted by Crippen LogP contribution is -1.94. The molecule has 0 aliphatic heterocycles. The molecule has 0 fully saturated rings. The number of nitrogens with zero attached hydrogens (tertiary/aromatic N) is 1. The summed E-state index contributed by atoms with van der Waals surface area (Å²) in [6.07, 6.45) is 1.75. The second-order valence-electron chi connectivity index (χ2n) is 4.11. The van der Waals surface area contributed by atoms with Crippen molar-refractivity contribution in [2.45, 2.75) is 0 Å². The minimum Gasteiger partial charge on any atom is -0.455 e. The normalized spacial score (nSPS) is 10.6. The Morgan fingerprint density at radius 1 is 1.05 bits per heavy atom. The van der Waals surface area contributed by atoms with E-state index in [1.165, 1.54) is 0 Å². The molecule has 4 heteroatoms. The lowest BCUT2D eigenvalue weighted by atomic mass is 10.1. The molecular formula is C15H11BrN2O. The van der Waals surface area contributed by atoms with Crippen molar-refractivity contribution in [2.24, 2.45) is 0 Å². The van der Waals surface area contributed by atoms with Crippen LogP contribution < -0.4 is 10.5 Å². The van der Waals surface area contributed by atoms with Crippen molar-refractivity contribution in [1.82, 2.24) is 4.98 Å². The van der Waals surface area contributed by atoms with Crippen LogP contribution in [-0.4, -0.2) is 4.98 Å².